The molecule has 1 saturated heterocycles. The summed E-state index contributed by atoms with van der Waals surface area (Å²) in [6, 6.07) is 12.2. The summed E-state index contributed by atoms with van der Waals surface area (Å²) in [5.74, 6) is 0.790. The molecule has 236 valence electrons. The number of anilines is 3. The molecular formula is C30H29F3N6O4S2. The van der Waals surface area contributed by atoms with Crippen LogP contribution in [-0.2, 0) is 20.8 Å². The molecule has 0 radical (unpaired) electrons. The predicted molar refractivity (Wildman–Crippen MR) is 164 cm³/mol. The Labute approximate surface area is 261 Å². The van der Waals surface area contributed by atoms with Crippen molar-refractivity contribution in [2.45, 2.75) is 48.0 Å². The van der Waals surface area contributed by atoms with Crippen LogP contribution in [0.4, 0.5) is 35.2 Å². The molecular weight excluding hydrogens is 629 g/mol. The average Bonchev–Trinajstić information content (AvgIpc) is 3.71. The molecule has 0 bridgehead atoms. The standard InChI is InChI=1S/C30H29F3N6O4S2/c1-17-16-44-29(34-17)45(41,42)25-13-23(25)24-14-26(39-11-12-43-15-18(39)2)38-27(37-24)19-3-7-21(8-4-19)35-28(40)36-22-9-5-20(6-10-22)30(31,32)33/h3-10,14,16,18,23,25H,11-13,15H2,1-2H3,(H2,35,36,40)/t18-,23?,25?/m0/s1. The number of carbonyl (C=O) groups excluding carboxylic acids is 1. The van der Waals surface area contributed by atoms with E-state index in [-0.39, 0.29) is 22.0 Å². The van der Waals surface area contributed by atoms with Crippen LogP contribution in [0.2, 0.25) is 0 Å². The van der Waals surface area contributed by atoms with Gasteiger partial charge in [0.2, 0.25) is 14.2 Å². The molecule has 1 aliphatic heterocycles. The number of thiazole rings is 1. The fraction of sp³-hybridized carbons (Fsp3) is 0.333. The van der Waals surface area contributed by atoms with Gasteiger partial charge in [0, 0.05) is 46.5 Å². The number of halogens is 3. The van der Waals surface area contributed by atoms with Crippen LogP contribution in [0.5, 0.6) is 0 Å². The number of nitrogens with zero attached hydrogens (tertiary/aromatic N) is 4. The van der Waals surface area contributed by atoms with Gasteiger partial charge in [-0.3, -0.25) is 0 Å². The Hall–Kier alpha value is -4.08. The lowest BCUT2D eigenvalue weighted by Gasteiger charge is -2.34. The second-order valence-corrected chi connectivity index (χ2v) is 14.2. The summed E-state index contributed by atoms with van der Waals surface area (Å²) in [5, 5.41) is 6.27. The topological polar surface area (TPSA) is 126 Å². The SMILES string of the molecule is Cc1csc(S(=O)(=O)C2CC2c2cc(N3CCOC[C@@H]3C)nc(-c3ccc(NC(=O)Nc4ccc(C(F)(F)F)cc4)cc3)n2)n1. The van der Waals surface area contributed by atoms with Gasteiger partial charge in [0.25, 0.3) is 0 Å². The number of hydrogen-bond donors (Lipinski definition) is 2. The summed E-state index contributed by atoms with van der Waals surface area (Å²) < 4.78 is 70.7. The third-order valence-electron chi connectivity index (χ3n) is 7.62. The first kappa shape index (κ1) is 30.9. The first-order chi connectivity index (χ1) is 21.4. The molecule has 4 aromatic rings. The molecule has 3 heterocycles. The zero-order valence-corrected chi connectivity index (χ0v) is 25.8. The minimum absolute atomic E-state index is 0.0566. The molecule has 2 aromatic carbocycles. The van der Waals surface area contributed by atoms with Gasteiger partial charge >= 0.3 is 12.2 Å². The van der Waals surface area contributed by atoms with E-state index in [4.69, 9.17) is 14.7 Å². The number of morpholine rings is 1. The Balaban J connectivity index is 1.21. The average molecular weight is 659 g/mol. The molecule has 2 aromatic heterocycles. The van der Waals surface area contributed by atoms with E-state index < -0.39 is 32.9 Å². The first-order valence-electron chi connectivity index (χ1n) is 14.1. The number of sulfone groups is 1. The molecule has 2 fully saturated rings. The number of hydrogen-bond acceptors (Lipinski definition) is 9. The highest BCUT2D eigenvalue weighted by atomic mass is 32.2. The number of ether oxygens (including phenoxy) is 1. The summed E-state index contributed by atoms with van der Waals surface area (Å²) >= 11 is 1.13. The minimum Gasteiger partial charge on any atom is -0.377 e. The number of alkyl halides is 3. The lowest BCUT2D eigenvalue weighted by molar-refractivity contribution is -0.137. The predicted octanol–water partition coefficient (Wildman–Crippen LogP) is 6.13. The summed E-state index contributed by atoms with van der Waals surface area (Å²) in [7, 11) is -3.60. The normalized spacial score (nSPS) is 20.1. The van der Waals surface area contributed by atoms with Crippen molar-refractivity contribution in [3.8, 4) is 11.4 Å². The number of rotatable bonds is 7. The molecule has 15 heteroatoms. The summed E-state index contributed by atoms with van der Waals surface area (Å²) in [4.78, 5) is 28.4. The van der Waals surface area contributed by atoms with Crippen molar-refractivity contribution in [3.63, 3.8) is 0 Å². The van der Waals surface area contributed by atoms with Gasteiger partial charge in [0.1, 0.15) is 5.82 Å². The van der Waals surface area contributed by atoms with Gasteiger partial charge in [-0.1, -0.05) is 0 Å². The van der Waals surface area contributed by atoms with Gasteiger partial charge < -0.3 is 20.3 Å². The Morgan fingerprint density at radius 1 is 1.02 bits per heavy atom. The van der Waals surface area contributed by atoms with E-state index in [0.29, 0.717) is 60.5 Å². The van der Waals surface area contributed by atoms with E-state index in [0.717, 1.165) is 23.5 Å². The van der Waals surface area contributed by atoms with E-state index in [1.165, 1.54) is 12.1 Å². The van der Waals surface area contributed by atoms with Crippen LogP contribution in [0, 0.1) is 6.92 Å². The number of amides is 2. The maximum absolute atomic E-state index is 13.3. The number of carbonyl (C=O) groups is 1. The van der Waals surface area contributed by atoms with Gasteiger partial charge in [-0.25, -0.2) is 28.2 Å². The Kier molecular flexibility index (Phi) is 8.26. The highest BCUT2D eigenvalue weighted by Crippen LogP contribution is 2.48. The zero-order valence-electron chi connectivity index (χ0n) is 24.2. The van der Waals surface area contributed by atoms with Crippen molar-refractivity contribution >= 4 is 44.4 Å². The van der Waals surface area contributed by atoms with E-state index >= 15 is 0 Å². The van der Waals surface area contributed by atoms with Gasteiger partial charge in [-0.05, 0) is 68.8 Å². The van der Waals surface area contributed by atoms with E-state index in [2.05, 4.69) is 20.5 Å². The van der Waals surface area contributed by atoms with E-state index in [1.54, 1.807) is 36.6 Å². The van der Waals surface area contributed by atoms with E-state index in [9.17, 15) is 26.4 Å². The van der Waals surface area contributed by atoms with Crippen LogP contribution in [-0.4, -0.2) is 60.5 Å². The Bertz CT molecular complexity index is 1810. The Morgan fingerprint density at radius 2 is 1.69 bits per heavy atom. The van der Waals surface area contributed by atoms with Crippen LogP contribution in [0.15, 0.2) is 64.3 Å². The molecule has 2 aliphatic rings. The second kappa shape index (κ2) is 12.0. The van der Waals surface area contributed by atoms with Crippen LogP contribution < -0.4 is 15.5 Å². The number of benzene rings is 2. The monoisotopic (exact) mass is 658 g/mol. The maximum atomic E-state index is 13.3. The smallest absolute Gasteiger partial charge is 0.377 e. The fourth-order valence-corrected chi connectivity index (χ4v) is 8.28. The van der Waals surface area contributed by atoms with Gasteiger partial charge in [-0.2, -0.15) is 13.2 Å². The summed E-state index contributed by atoms with van der Waals surface area (Å²) in [6.45, 7) is 5.49. The highest BCUT2D eigenvalue weighted by Gasteiger charge is 2.51. The third kappa shape index (κ3) is 6.79. The lowest BCUT2D eigenvalue weighted by atomic mass is 10.1. The van der Waals surface area contributed by atoms with Crippen molar-refractivity contribution in [3.05, 3.63) is 76.9 Å². The zero-order chi connectivity index (χ0) is 31.9. The van der Waals surface area contributed by atoms with Gasteiger partial charge in [0.15, 0.2) is 5.82 Å². The van der Waals surface area contributed by atoms with Gasteiger partial charge in [-0.15, -0.1) is 11.3 Å². The Morgan fingerprint density at radius 3 is 2.29 bits per heavy atom. The fourth-order valence-electron chi connectivity index (χ4n) is 5.14. The van der Waals surface area contributed by atoms with Crippen molar-refractivity contribution in [2.24, 2.45) is 0 Å². The van der Waals surface area contributed by atoms with Gasteiger partial charge in [0.05, 0.1) is 35.8 Å². The molecule has 1 aliphatic carbocycles. The van der Waals surface area contributed by atoms with Crippen LogP contribution in [0.25, 0.3) is 11.4 Å². The quantitative estimate of drug-likeness (QED) is 0.243. The van der Waals surface area contributed by atoms with Crippen molar-refractivity contribution in [1.29, 1.82) is 0 Å². The number of aryl methyl sites for hydroxylation is 1. The molecule has 2 amide bonds. The maximum Gasteiger partial charge on any atom is 0.416 e. The molecule has 2 unspecified atom stereocenters. The van der Waals surface area contributed by atoms with Crippen LogP contribution in [0.3, 0.4) is 0 Å². The summed E-state index contributed by atoms with van der Waals surface area (Å²) in [5.41, 5.74) is 1.79. The van der Waals surface area contributed by atoms with Crippen LogP contribution in [0.1, 0.15) is 36.2 Å². The van der Waals surface area contributed by atoms with E-state index in [1.807, 2.05) is 13.0 Å². The van der Waals surface area contributed by atoms with Crippen molar-refractivity contribution < 1.29 is 31.1 Å². The van der Waals surface area contributed by atoms with Crippen LogP contribution >= 0.6 is 11.3 Å². The molecule has 3 atom stereocenters. The first-order valence-corrected chi connectivity index (χ1v) is 16.6. The lowest BCUT2D eigenvalue weighted by Crippen LogP contribution is -2.44. The molecule has 2 N–H and O–H groups in total. The highest BCUT2D eigenvalue weighted by molar-refractivity contribution is 7.94. The molecule has 10 nitrogen and oxygen atoms in total. The number of nitrogens with one attached hydrogen (secondary N) is 2. The summed E-state index contributed by atoms with van der Waals surface area (Å²) in [6.07, 6.45) is -4.03. The molecule has 1 saturated carbocycles. The van der Waals surface area contributed by atoms with Crippen molar-refractivity contribution in [1.82, 2.24) is 15.0 Å². The third-order valence-corrected chi connectivity index (χ3v) is 11.3. The molecule has 6 rings (SSSR count). The number of urea groups is 1. The van der Waals surface area contributed by atoms with Crippen molar-refractivity contribution in [2.75, 3.05) is 35.3 Å². The minimum atomic E-state index is -4.47. The molecule has 45 heavy (non-hydrogen) atoms. The largest absolute Gasteiger partial charge is 0.416 e. The second-order valence-electron chi connectivity index (χ2n) is 11.0. The molecule has 0 spiro atoms. The number of aromatic nitrogens is 3.